The van der Waals surface area contributed by atoms with E-state index in [9.17, 15) is 4.79 Å². The number of nitrogen functional groups attached to an aromatic ring is 1. The highest BCUT2D eigenvalue weighted by molar-refractivity contribution is 6.02. The monoisotopic (exact) mass is 450 g/mol. The van der Waals surface area contributed by atoms with Gasteiger partial charge < -0.3 is 15.5 Å². The summed E-state index contributed by atoms with van der Waals surface area (Å²) in [7, 11) is 1.60. The van der Waals surface area contributed by atoms with Crippen LogP contribution >= 0.6 is 0 Å². The minimum absolute atomic E-state index is 0.115. The summed E-state index contributed by atoms with van der Waals surface area (Å²) >= 11 is 0. The van der Waals surface area contributed by atoms with Crippen molar-refractivity contribution in [1.82, 2.24) is 19.8 Å². The molecule has 4 rings (SSSR count). The van der Waals surface area contributed by atoms with E-state index in [4.69, 9.17) is 10.6 Å². The van der Waals surface area contributed by atoms with Gasteiger partial charge in [0.05, 0.1) is 5.71 Å². The Labute approximate surface area is 195 Å². The highest BCUT2D eigenvalue weighted by Gasteiger charge is 2.32. The van der Waals surface area contributed by atoms with E-state index in [1.807, 2.05) is 0 Å². The number of hydrogen-bond acceptors (Lipinski definition) is 7. The average molecular weight is 451 g/mol. The second-order valence-corrected chi connectivity index (χ2v) is 9.12. The SMILES string of the molecule is CON=C(c1ccc(C)cc1)C1CCN(C(=O)C2CCN(Cc3cnc(N)nc3)CC2)CC1. The molecule has 0 radical (unpaired) electrons. The molecule has 2 aliphatic rings. The molecule has 2 aliphatic heterocycles. The molecule has 176 valence electrons. The molecule has 2 saturated heterocycles. The number of nitrogens with two attached hydrogens (primary N) is 1. The molecule has 0 saturated carbocycles. The molecular weight excluding hydrogens is 416 g/mol. The first-order valence-electron chi connectivity index (χ1n) is 11.8. The van der Waals surface area contributed by atoms with E-state index < -0.39 is 0 Å². The van der Waals surface area contributed by atoms with Crippen molar-refractivity contribution >= 4 is 17.6 Å². The molecule has 8 nitrogen and oxygen atoms in total. The zero-order valence-corrected chi connectivity index (χ0v) is 19.6. The lowest BCUT2D eigenvalue weighted by Crippen LogP contribution is -2.46. The third kappa shape index (κ3) is 5.87. The number of rotatable bonds is 6. The largest absolute Gasteiger partial charge is 0.399 e. The van der Waals surface area contributed by atoms with Crippen molar-refractivity contribution in [3.8, 4) is 0 Å². The van der Waals surface area contributed by atoms with Crippen molar-refractivity contribution in [1.29, 1.82) is 0 Å². The van der Waals surface area contributed by atoms with Gasteiger partial charge in [0.15, 0.2) is 0 Å². The number of benzene rings is 1. The number of hydrogen-bond donors (Lipinski definition) is 1. The number of amides is 1. The predicted octanol–water partition coefficient (Wildman–Crippen LogP) is 2.87. The number of anilines is 1. The van der Waals surface area contributed by atoms with Crippen LogP contribution in [0.5, 0.6) is 0 Å². The molecule has 8 heteroatoms. The lowest BCUT2D eigenvalue weighted by molar-refractivity contribution is -0.138. The average Bonchev–Trinajstić information content (AvgIpc) is 2.85. The molecule has 2 N–H and O–H groups in total. The van der Waals surface area contributed by atoms with E-state index >= 15 is 0 Å². The molecule has 0 bridgehead atoms. The Hall–Kier alpha value is -3.00. The van der Waals surface area contributed by atoms with Crippen LogP contribution in [0.3, 0.4) is 0 Å². The zero-order chi connectivity index (χ0) is 23.2. The Morgan fingerprint density at radius 2 is 1.64 bits per heavy atom. The van der Waals surface area contributed by atoms with Crippen LogP contribution in [0.2, 0.25) is 0 Å². The summed E-state index contributed by atoms with van der Waals surface area (Å²) in [5.41, 5.74) is 9.94. The van der Waals surface area contributed by atoms with Gasteiger partial charge in [0.1, 0.15) is 7.11 Å². The third-order valence-electron chi connectivity index (χ3n) is 6.80. The van der Waals surface area contributed by atoms with Crippen LogP contribution in [0, 0.1) is 18.8 Å². The molecule has 2 aromatic rings. The molecule has 1 aromatic carbocycles. The summed E-state index contributed by atoms with van der Waals surface area (Å²) in [6, 6.07) is 8.42. The quantitative estimate of drug-likeness (QED) is 0.537. The Morgan fingerprint density at radius 1 is 1.03 bits per heavy atom. The molecule has 0 atom stereocenters. The van der Waals surface area contributed by atoms with Crippen LogP contribution in [0.1, 0.15) is 42.4 Å². The fraction of sp³-hybridized carbons (Fsp3) is 0.520. The van der Waals surface area contributed by atoms with Crippen LogP contribution in [-0.2, 0) is 16.2 Å². The molecule has 1 aromatic heterocycles. The maximum absolute atomic E-state index is 13.2. The van der Waals surface area contributed by atoms with Gasteiger partial charge in [-0.25, -0.2) is 9.97 Å². The summed E-state index contributed by atoms with van der Waals surface area (Å²) in [6.45, 7) is 6.26. The Bertz CT molecular complexity index is 944. The van der Waals surface area contributed by atoms with Gasteiger partial charge >= 0.3 is 0 Å². The zero-order valence-electron chi connectivity index (χ0n) is 19.6. The first-order valence-corrected chi connectivity index (χ1v) is 11.8. The molecule has 0 unspecified atom stereocenters. The minimum Gasteiger partial charge on any atom is -0.399 e. The standard InChI is InChI=1S/C25H34N6O2/c1-18-3-5-20(6-4-18)23(29-33-2)21-9-13-31(14-10-21)24(32)22-7-11-30(12-8-22)17-19-15-27-25(26)28-16-19/h3-6,15-16,21-22H,7-14,17H2,1-2H3,(H2,26,27,28). The van der Waals surface area contributed by atoms with Gasteiger partial charge in [-0.3, -0.25) is 9.69 Å². The van der Waals surface area contributed by atoms with Crippen molar-refractivity contribution in [2.45, 2.75) is 39.2 Å². The van der Waals surface area contributed by atoms with E-state index in [1.165, 1.54) is 5.56 Å². The van der Waals surface area contributed by atoms with Crippen LogP contribution < -0.4 is 5.73 Å². The van der Waals surface area contributed by atoms with E-state index in [-0.39, 0.29) is 5.92 Å². The lowest BCUT2D eigenvalue weighted by Gasteiger charge is -2.37. The fourth-order valence-electron chi connectivity index (χ4n) is 4.86. The second kappa shape index (κ2) is 10.7. The highest BCUT2D eigenvalue weighted by Crippen LogP contribution is 2.27. The van der Waals surface area contributed by atoms with Gasteiger partial charge in [0.2, 0.25) is 11.9 Å². The van der Waals surface area contributed by atoms with Gasteiger partial charge in [-0.2, -0.15) is 0 Å². The van der Waals surface area contributed by atoms with Crippen LogP contribution in [0.15, 0.2) is 41.8 Å². The predicted molar refractivity (Wildman–Crippen MR) is 128 cm³/mol. The van der Waals surface area contributed by atoms with Crippen molar-refractivity contribution in [2.75, 3.05) is 39.0 Å². The highest BCUT2D eigenvalue weighted by atomic mass is 16.6. The Balaban J connectivity index is 1.27. The van der Waals surface area contributed by atoms with E-state index in [0.717, 1.165) is 75.2 Å². The molecule has 0 spiro atoms. The summed E-state index contributed by atoms with van der Waals surface area (Å²) in [6.07, 6.45) is 7.18. The molecule has 1 amide bonds. The Kier molecular flexibility index (Phi) is 7.54. The number of oxime groups is 1. The molecule has 33 heavy (non-hydrogen) atoms. The lowest BCUT2D eigenvalue weighted by atomic mass is 9.87. The summed E-state index contributed by atoms with van der Waals surface area (Å²) in [4.78, 5) is 30.9. The normalized spacial score (nSPS) is 19.0. The molecule has 2 fully saturated rings. The van der Waals surface area contributed by atoms with Crippen molar-refractivity contribution < 1.29 is 9.63 Å². The van der Waals surface area contributed by atoms with E-state index in [0.29, 0.717) is 17.8 Å². The topological polar surface area (TPSA) is 96.9 Å². The maximum atomic E-state index is 13.2. The number of aryl methyl sites for hydroxylation is 1. The number of carbonyl (C=O) groups is 1. The van der Waals surface area contributed by atoms with Crippen LogP contribution in [0.4, 0.5) is 5.95 Å². The van der Waals surface area contributed by atoms with Crippen molar-refractivity contribution in [3.63, 3.8) is 0 Å². The second-order valence-electron chi connectivity index (χ2n) is 9.12. The number of carbonyl (C=O) groups excluding carboxylic acids is 1. The van der Waals surface area contributed by atoms with Crippen molar-refractivity contribution in [3.05, 3.63) is 53.3 Å². The molecule has 3 heterocycles. The van der Waals surface area contributed by atoms with Gasteiger partial charge in [0.25, 0.3) is 0 Å². The van der Waals surface area contributed by atoms with E-state index in [1.54, 1.807) is 19.5 Å². The van der Waals surface area contributed by atoms with Crippen LogP contribution in [0.25, 0.3) is 0 Å². The molecular formula is C25H34N6O2. The van der Waals surface area contributed by atoms with Gasteiger partial charge in [-0.1, -0.05) is 35.0 Å². The van der Waals surface area contributed by atoms with Crippen LogP contribution in [-0.4, -0.2) is 64.7 Å². The number of piperidine rings is 2. The Morgan fingerprint density at radius 3 is 2.24 bits per heavy atom. The first-order chi connectivity index (χ1) is 16.0. The number of aromatic nitrogens is 2. The summed E-state index contributed by atoms with van der Waals surface area (Å²) in [5, 5.41) is 4.35. The van der Waals surface area contributed by atoms with Gasteiger partial charge in [-0.05, 0) is 51.3 Å². The van der Waals surface area contributed by atoms with Gasteiger partial charge in [-0.15, -0.1) is 0 Å². The molecule has 0 aliphatic carbocycles. The maximum Gasteiger partial charge on any atom is 0.225 e. The minimum atomic E-state index is 0.115. The first kappa shape index (κ1) is 23.2. The number of likely N-dealkylation sites (tertiary alicyclic amines) is 2. The summed E-state index contributed by atoms with van der Waals surface area (Å²) < 4.78 is 0. The number of nitrogens with zero attached hydrogens (tertiary/aromatic N) is 5. The fourth-order valence-corrected chi connectivity index (χ4v) is 4.86. The third-order valence-corrected chi connectivity index (χ3v) is 6.80. The van der Waals surface area contributed by atoms with Gasteiger partial charge in [0, 0.05) is 49.4 Å². The van der Waals surface area contributed by atoms with E-state index in [2.05, 4.69) is 56.1 Å². The summed E-state index contributed by atoms with van der Waals surface area (Å²) in [5.74, 6) is 1.03. The smallest absolute Gasteiger partial charge is 0.225 e. The van der Waals surface area contributed by atoms with Crippen molar-refractivity contribution in [2.24, 2.45) is 17.0 Å².